The first-order chi connectivity index (χ1) is 0. The molecule has 0 radical (unpaired) electrons. The molecular formula is H2O4Rh2. The Kier molecular flexibility index (Phi) is 4940. The number of hydrogen-bond donors (Lipinski definition) is 0. The molecule has 0 bridgehead atoms. The Bertz CT molecular complexity index is 5.51. The standard InChI is InChI=1S/H2O.3O.2Rh/h1H2;;;;;/q;3*-2;2*+3. The zero-order valence-electron chi connectivity index (χ0n) is 2.39. The fourth-order valence-electron chi connectivity index (χ4n) is 0. The Hall–Kier alpha value is 1.09. The molecule has 0 spiro atoms. The van der Waals surface area contributed by atoms with E-state index in [-0.39, 0.29) is 60.9 Å². The van der Waals surface area contributed by atoms with Crippen LogP contribution in [-0.4, -0.2) is 5.48 Å². The maximum Gasteiger partial charge on any atom is 3.00 e. The molecule has 0 atom stereocenters. The molecule has 44 valence electrons. The van der Waals surface area contributed by atoms with Crippen molar-refractivity contribution in [2.24, 2.45) is 0 Å². The maximum absolute atomic E-state index is 0. The zero-order valence-corrected chi connectivity index (χ0v) is 5.67. The van der Waals surface area contributed by atoms with Crippen molar-refractivity contribution in [1.82, 2.24) is 0 Å². The van der Waals surface area contributed by atoms with Gasteiger partial charge in [0.2, 0.25) is 0 Å². The summed E-state index contributed by atoms with van der Waals surface area (Å²) in [4.78, 5) is 0. The molecule has 6 heavy (non-hydrogen) atoms. The average Bonchev–Trinajstić information content (AvgIpc) is 0. The van der Waals surface area contributed by atoms with Crippen LogP contribution in [0.1, 0.15) is 0 Å². The fraction of sp³-hybridized carbons (Fsp3) is 0. The Morgan fingerprint density at radius 2 is 0.500 bits per heavy atom. The van der Waals surface area contributed by atoms with E-state index in [1.165, 1.54) is 0 Å². The molecule has 0 aliphatic rings. The molecule has 0 rings (SSSR count). The van der Waals surface area contributed by atoms with Gasteiger partial charge in [-0.15, -0.1) is 0 Å². The molecule has 0 aromatic heterocycles. The third-order valence-electron chi connectivity index (χ3n) is 0. The molecule has 0 amide bonds. The van der Waals surface area contributed by atoms with E-state index in [1.54, 1.807) is 0 Å². The second-order valence-corrected chi connectivity index (χ2v) is 0. The summed E-state index contributed by atoms with van der Waals surface area (Å²) >= 11 is 0. The van der Waals surface area contributed by atoms with Gasteiger partial charge < -0.3 is 21.9 Å². The summed E-state index contributed by atoms with van der Waals surface area (Å²) in [7, 11) is 0. The summed E-state index contributed by atoms with van der Waals surface area (Å²) in [6.45, 7) is 0. The van der Waals surface area contributed by atoms with Crippen LogP contribution in [0.5, 0.6) is 0 Å². The van der Waals surface area contributed by atoms with Crippen LogP contribution in [0.15, 0.2) is 0 Å². The van der Waals surface area contributed by atoms with Crippen molar-refractivity contribution in [1.29, 1.82) is 0 Å². The van der Waals surface area contributed by atoms with Gasteiger partial charge in [-0.2, -0.15) is 0 Å². The Balaban J connectivity index is 0. The molecule has 0 heterocycles. The van der Waals surface area contributed by atoms with Crippen molar-refractivity contribution in [2.45, 2.75) is 0 Å². The van der Waals surface area contributed by atoms with Crippen LogP contribution in [-0.2, 0) is 55.4 Å². The summed E-state index contributed by atoms with van der Waals surface area (Å²) in [5, 5.41) is 0. The first-order valence-electron chi connectivity index (χ1n) is 0. The quantitative estimate of drug-likeness (QED) is 0.493. The van der Waals surface area contributed by atoms with E-state index in [0.29, 0.717) is 0 Å². The van der Waals surface area contributed by atoms with Gasteiger partial charge in [0, 0.05) is 0 Å². The summed E-state index contributed by atoms with van der Waals surface area (Å²) in [6, 6.07) is 0. The van der Waals surface area contributed by atoms with Gasteiger partial charge in [-0.3, -0.25) is 0 Å². The van der Waals surface area contributed by atoms with Gasteiger partial charge in [-0.1, -0.05) is 0 Å². The monoisotopic (exact) mass is 272 g/mol. The molecule has 0 aromatic carbocycles. The number of rotatable bonds is 0. The van der Waals surface area contributed by atoms with Gasteiger partial charge >= 0.3 is 39.0 Å². The van der Waals surface area contributed by atoms with Gasteiger partial charge in [0.25, 0.3) is 0 Å². The molecule has 0 aliphatic heterocycles. The summed E-state index contributed by atoms with van der Waals surface area (Å²) in [6.07, 6.45) is 0. The van der Waals surface area contributed by atoms with Gasteiger partial charge in [0.05, 0.1) is 0 Å². The van der Waals surface area contributed by atoms with Crippen LogP contribution in [0, 0.1) is 0 Å². The molecule has 0 aliphatic carbocycles. The number of hydrogen-bond acceptors (Lipinski definition) is 0. The molecule has 6 heteroatoms. The molecular weight excluding hydrogens is 270 g/mol. The van der Waals surface area contributed by atoms with E-state index in [2.05, 4.69) is 0 Å². The summed E-state index contributed by atoms with van der Waals surface area (Å²) in [5.74, 6) is 0. The Labute approximate surface area is 61.1 Å². The molecule has 0 saturated heterocycles. The summed E-state index contributed by atoms with van der Waals surface area (Å²) in [5.41, 5.74) is 0. The van der Waals surface area contributed by atoms with E-state index in [1.807, 2.05) is 0 Å². The van der Waals surface area contributed by atoms with Crippen LogP contribution in [0.25, 0.3) is 0 Å². The van der Waals surface area contributed by atoms with E-state index >= 15 is 0 Å². The van der Waals surface area contributed by atoms with Gasteiger partial charge in [0.15, 0.2) is 0 Å². The summed E-state index contributed by atoms with van der Waals surface area (Å²) < 4.78 is 0. The first kappa shape index (κ1) is 222. The van der Waals surface area contributed by atoms with Gasteiger partial charge in [-0.05, 0) is 0 Å². The van der Waals surface area contributed by atoms with Gasteiger partial charge in [0.1, 0.15) is 0 Å². The van der Waals surface area contributed by atoms with E-state index in [0.717, 1.165) is 0 Å². The fourth-order valence-corrected chi connectivity index (χ4v) is 0. The van der Waals surface area contributed by atoms with Crippen LogP contribution < -0.4 is 0 Å². The zero-order chi connectivity index (χ0) is 0. The molecule has 0 fully saturated rings. The van der Waals surface area contributed by atoms with Gasteiger partial charge in [-0.25, -0.2) is 0 Å². The van der Waals surface area contributed by atoms with E-state index in [9.17, 15) is 0 Å². The maximum atomic E-state index is 0. The SMILES string of the molecule is O.[O-2].[O-2].[O-2].[Rh+3].[Rh+3]. The minimum atomic E-state index is 0. The van der Waals surface area contributed by atoms with Crippen molar-refractivity contribution < 1.29 is 60.9 Å². The van der Waals surface area contributed by atoms with Crippen LogP contribution in [0.2, 0.25) is 0 Å². The Morgan fingerprint density at radius 1 is 0.500 bits per heavy atom. The van der Waals surface area contributed by atoms with Crippen LogP contribution in [0.3, 0.4) is 0 Å². The van der Waals surface area contributed by atoms with Crippen molar-refractivity contribution in [2.75, 3.05) is 0 Å². The molecule has 0 aromatic rings. The topological polar surface area (TPSA) is 117 Å². The van der Waals surface area contributed by atoms with E-state index in [4.69, 9.17) is 0 Å². The predicted octanol–water partition coefficient (Wildman–Crippen LogP) is -1.19. The first-order valence-corrected chi connectivity index (χ1v) is 0. The van der Waals surface area contributed by atoms with Crippen molar-refractivity contribution in [3.63, 3.8) is 0 Å². The molecule has 4 nitrogen and oxygen atoms in total. The predicted molar refractivity (Wildman–Crippen MR) is 5.67 cm³/mol. The molecule has 2 N–H and O–H groups in total. The normalized spacial score (nSPS) is 0. The minimum Gasteiger partial charge on any atom is -2.00 e. The second-order valence-electron chi connectivity index (χ2n) is 0. The smallest absolute Gasteiger partial charge is 2.00 e. The molecule has 0 unspecified atom stereocenters. The largest absolute Gasteiger partial charge is 3.00 e. The second kappa shape index (κ2) is 133. The minimum absolute atomic E-state index is 0. The molecule has 0 saturated carbocycles. The van der Waals surface area contributed by atoms with Crippen LogP contribution in [0.4, 0.5) is 0 Å². The Morgan fingerprint density at radius 3 is 0.500 bits per heavy atom. The third-order valence-corrected chi connectivity index (χ3v) is 0. The van der Waals surface area contributed by atoms with Crippen molar-refractivity contribution >= 4 is 0 Å². The van der Waals surface area contributed by atoms with Crippen molar-refractivity contribution in [3.8, 4) is 0 Å². The average molecular weight is 272 g/mol. The van der Waals surface area contributed by atoms with E-state index < -0.39 is 0 Å². The van der Waals surface area contributed by atoms with Crippen LogP contribution >= 0.6 is 0 Å². The van der Waals surface area contributed by atoms with Crippen molar-refractivity contribution in [3.05, 3.63) is 0 Å². The third kappa shape index (κ3) is 71.9.